The first-order chi connectivity index (χ1) is 6.81. The number of rotatable bonds is 2. The summed E-state index contributed by atoms with van der Waals surface area (Å²) < 4.78 is 0. The van der Waals surface area contributed by atoms with Gasteiger partial charge in [-0.05, 0) is 12.5 Å². The number of carbonyl (C=O) groups excluding carboxylic acids is 1. The van der Waals surface area contributed by atoms with E-state index in [9.17, 15) is 4.79 Å². The largest absolute Gasteiger partial charge is 0.329 e. The first-order valence-electron chi connectivity index (χ1n) is 4.91. The minimum Gasteiger partial charge on any atom is -0.329 e. The van der Waals surface area contributed by atoms with E-state index in [1.165, 1.54) is 5.56 Å². The van der Waals surface area contributed by atoms with Crippen LogP contribution in [0.5, 0.6) is 0 Å². The first kappa shape index (κ1) is 9.06. The molecule has 2 rings (SSSR count). The highest BCUT2D eigenvalue weighted by Crippen LogP contribution is 2.19. The highest BCUT2D eigenvalue weighted by atomic mass is 16.2. The summed E-state index contributed by atoms with van der Waals surface area (Å²) in [5, 5.41) is 2.96. The molecule has 1 aliphatic rings. The van der Waals surface area contributed by atoms with Gasteiger partial charge < -0.3 is 10.2 Å². The molecule has 1 aliphatic heterocycles. The van der Waals surface area contributed by atoms with Gasteiger partial charge in [0.05, 0.1) is 6.04 Å². The van der Waals surface area contributed by atoms with E-state index < -0.39 is 0 Å². The Morgan fingerprint density at radius 2 is 2.14 bits per heavy atom. The van der Waals surface area contributed by atoms with Gasteiger partial charge in [0.1, 0.15) is 0 Å². The molecule has 3 heteroatoms. The smallest absolute Gasteiger partial charge is 0.318 e. The van der Waals surface area contributed by atoms with E-state index >= 15 is 0 Å². The second-order valence-corrected chi connectivity index (χ2v) is 3.45. The maximum absolute atomic E-state index is 11.4. The fourth-order valence-electron chi connectivity index (χ4n) is 1.74. The van der Waals surface area contributed by atoms with Crippen molar-refractivity contribution in [2.75, 3.05) is 13.1 Å². The first-order valence-corrected chi connectivity index (χ1v) is 4.91. The third kappa shape index (κ3) is 1.58. The molecular weight excluding hydrogens is 176 g/mol. The summed E-state index contributed by atoms with van der Waals surface area (Å²) in [5.41, 5.74) is 1.18. The lowest BCUT2D eigenvalue weighted by Gasteiger charge is -2.11. The number of nitrogens with zero attached hydrogens (tertiary/aromatic N) is 1. The van der Waals surface area contributed by atoms with Crippen LogP contribution in [-0.2, 0) is 0 Å². The number of nitrogens with one attached hydrogen (secondary N) is 1. The third-order valence-electron chi connectivity index (χ3n) is 2.57. The average molecular weight is 190 g/mol. The molecule has 0 bridgehead atoms. The molecule has 0 spiro atoms. The molecule has 1 N–H and O–H groups in total. The van der Waals surface area contributed by atoms with Crippen molar-refractivity contribution in [1.82, 2.24) is 10.2 Å². The Morgan fingerprint density at radius 1 is 1.43 bits per heavy atom. The minimum absolute atomic E-state index is 0.0429. The molecule has 1 aromatic carbocycles. The molecule has 1 saturated heterocycles. The lowest BCUT2D eigenvalue weighted by molar-refractivity contribution is 0.219. The zero-order valence-corrected chi connectivity index (χ0v) is 8.23. The molecule has 2 amide bonds. The molecule has 0 radical (unpaired) electrons. The maximum atomic E-state index is 11.4. The number of urea groups is 1. The quantitative estimate of drug-likeness (QED) is 0.757. The van der Waals surface area contributed by atoms with Crippen molar-refractivity contribution in [1.29, 1.82) is 0 Å². The molecule has 1 aromatic rings. The van der Waals surface area contributed by atoms with Crippen LogP contribution in [-0.4, -0.2) is 24.0 Å². The summed E-state index contributed by atoms with van der Waals surface area (Å²) in [6.07, 6.45) is 0. The molecule has 14 heavy (non-hydrogen) atoms. The highest BCUT2D eigenvalue weighted by Gasteiger charge is 2.27. The second kappa shape index (κ2) is 3.70. The number of benzene rings is 1. The van der Waals surface area contributed by atoms with E-state index in [1.807, 2.05) is 42.2 Å². The zero-order chi connectivity index (χ0) is 9.97. The number of carbonyl (C=O) groups is 1. The number of hydrogen-bond acceptors (Lipinski definition) is 1. The third-order valence-corrected chi connectivity index (χ3v) is 2.57. The van der Waals surface area contributed by atoms with Gasteiger partial charge in [-0.25, -0.2) is 4.79 Å². The number of hydrogen-bond donors (Lipinski definition) is 1. The zero-order valence-electron chi connectivity index (χ0n) is 8.23. The van der Waals surface area contributed by atoms with Gasteiger partial charge in [-0.2, -0.15) is 0 Å². The van der Waals surface area contributed by atoms with Crippen molar-refractivity contribution in [3.8, 4) is 0 Å². The summed E-state index contributed by atoms with van der Waals surface area (Å²) in [6.45, 7) is 3.54. The van der Waals surface area contributed by atoms with Crippen LogP contribution in [0.2, 0.25) is 0 Å². The fraction of sp³-hybridized carbons (Fsp3) is 0.364. The maximum Gasteiger partial charge on any atom is 0.318 e. The summed E-state index contributed by atoms with van der Waals surface area (Å²) in [5.74, 6) is 0. The van der Waals surface area contributed by atoms with Gasteiger partial charge in [-0.3, -0.25) is 0 Å². The highest BCUT2D eigenvalue weighted by molar-refractivity contribution is 5.77. The lowest BCUT2D eigenvalue weighted by Crippen LogP contribution is -2.27. The van der Waals surface area contributed by atoms with Gasteiger partial charge in [0.2, 0.25) is 0 Å². The van der Waals surface area contributed by atoms with Crippen molar-refractivity contribution in [2.24, 2.45) is 0 Å². The van der Waals surface area contributed by atoms with Gasteiger partial charge in [0.15, 0.2) is 0 Å². The van der Waals surface area contributed by atoms with Gasteiger partial charge in [-0.15, -0.1) is 0 Å². The summed E-state index contributed by atoms with van der Waals surface area (Å²) >= 11 is 0. The van der Waals surface area contributed by atoms with E-state index in [4.69, 9.17) is 0 Å². The molecule has 74 valence electrons. The Labute approximate surface area is 83.7 Å². The van der Waals surface area contributed by atoms with Crippen molar-refractivity contribution in [2.45, 2.75) is 13.0 Å². The fourth-order valence-corrected chi connectivity index (χ4v) is 1.74. The Balaban J connectivity index is 2.13. The van der Waals surface area contributed by atoms with Gasteiger partial charge in [0, 0.05) is 13.1 Å². The van der Waals surface area contributed by atoms with Crippen LogP contribution in [0.25, 0.3) is 0 Å². The molecule has 0 saturated carbocycles. The minimum atomic E-state index is 0.0429. The summed E-state index contributed by atoms with van der Waals surface area (Å²) in [7, 11) is 0. The predicted molar refractivity (Wildman–Crippen MR) is 55.0 cm³/mol. The molecule has 0 aromatic heterocycles. The van der Waals surface area contributed by atoms with Crippen molar-refractivity contribution in [3.63, 3.8) is 0 Å². The topological polar surface area (TPSA) is 32.3 Å². The van der Waals surface area contributed by atoms with Gasteiger partial charge in [-0.1, -0.05) is 30.3 Å². The Hall–Kier alpha value is -1.51. The SMILES string of the molecule is CCN1C[C@H](c2ccccc2)NC1=O. The Morgan fingerprint density at radius 3 is 2.71 bits per heavy atom. The number of likely N-dealkylation sites (N-methyl/N-ethyl adjacent to an activating group) is 1. The van der Waals surface area contributed by atoms with E-state index in [-0.39, 0.29) is 12.1 Å². The van der Waals surface area contributed by atoms with Gasteiger partial charge in [0.25, 0.3) is 0 Å². The van der Waals surface area contributed by atoms with Gasteiger partial charge >= 0.3 is 6.03 Å². The average Bonchev–Trinajstić information content (AvgIpc) is 2.61. The monoisotopic (exact) mass is 190 g/mol. The van der Waals surface area contributed by atoms with Crippen LogP contribution in [0.1, 0.15) is 18.5 Å². The van der Waals surface area contributed by atoms with E-state index in [0.717, 1.165) is 13.1 Å². The molecule has 0 aliphatic carbocycles. The van der Waals surface area contributed by atoms with Crippen LogP contribution in [0.4, 0.5) is 4.79 Å². The van der Waals surface area contributed by atoms with Crippen LogP contribution in [0, 0.1) is 0 Å². The summed E-state index contributed by atoms with van der Waals surface area (Å²) in [4.78, 5) is 13.2. The van der Waals surface area contributed by atoms with Crippen LogP contribution < -0.4 is 5.32 Å². The molecule has 1 heterocycles. The lowest BCUT2D eigenvalue weighted by atomic mass is 10.1. The van der Waals surface area contributed by atoms with E-state index in [1.54, 1.807) is 0 Å². The van der Waals surface area contributed by atoms with Crippen molar-refractivity contribution < 1.29 is 4.79 Å². The normalized spacial score (nSPS) is 21.1. The molecule has 0 unspecified atom stereocenters. The second-order valence-electron chi connectivity index (χ2n) is 3.45. The standard InChI is InChI=1S/C11H14N2O/c1-2-13-8-10(12-11(13)14)9-6-4-3-5-7-9/h3-7,10H,2,8H2,1H3,(H,12,14)/t10-/m1/s1. The van der Waals surface area contributed by atoms with Crippen LogP contribution in [0.3, 0.4) is 0 Å². The van der Waals surface area contributed by atoms with Crippen molar-refractivity contribution >= 4 is 6.03 Å². The molecule has 1 fully saturated rings. The Kier molecular flexibility index (Phi) is 2.39. The van der Waals surface area contributed by atoms with Crippen molar-refractivity contribution in [3.05, 3.63) is 35.9 Å². The molecule has 1 atom stereocenters. The Bertz CT molecular complexity index is 323. The summed E-state index contributed by atoms with van der Waals surface area (Å²) in [6, 6.07) is 10.3. The molecular formula is C11H14N2O. The van der Waals surface area contributed by atoms with E-state index in [0.29, 0.717) is 0 Å². The number of amides is 2. The van der Waals surface area contributed by atoms with E-state index in [2.05, 4.69) is 5.32 Å². The van der Waals surface area contributed by atoms with Crippen LogP contribution >= 0.6 is 0 Å². The molecule has 3 nitrogen and oxygen atoms in total. The van der Waals surface area contributed by atoms with Crippen LogP contribution in [0.15, 0.2) is 30.3 Å². The predicted octanol–water partition coefficient (Wildman–Crippen LogP) is 1.77.